The van der Waals surface area contributed by atoms with E-state index < -0.39 is 0 Å². The molecule has 0 aliphatic heterocycles. The highest BCUT2D eigenvalue weighted by Gasteiger charge is 2.28. The molecule has 0 radical (unpaired) electrons. The minimum absolute atomic E-state index is 0.318. The van der Waals surface area contributed by atoms with Gasteiger partial charge in [0.25, 0.3) is 0 Å². The smallest absolute Gasteiger partial charge is 0.223 e. The van der Waals surface area contributed by atoms with Gasteiger partial charge in [-0.05, 0) is 26.7 Å². The quantitative estimate of drug-likeness (QED) is 0.465. The molecule has 5 heteroatoms. The Labute approximate surface area is 101 Å². The minimum Gasteiger partial charge on any atom is -0.461 e. The van der Waals surface area contributed by atoms with Crippen molar-refractivity contribution in [2.24, 2.45) is 5.84 Å². The van der Waals surface area contributed by atoms with Crippen LogP contribution in [0.4, 0.5) is 5.82 Å². The molecule has 1 fully saturated rings. The van der Waals surface area contributed by atoms with E-state index in [9.17, 15) is 0 Å². The first-order valence-electron chi connectivity index (χ1n) is 5.63. The second-order valence-electron chi connectivity index (χ2n) is 4.21. The lowest BCUT2D eigenvalue weighted by Crippen LogP contribution is -2.16. The van der Waals surface area contributed by atoms with Crippen LogP contribution in [0.5, 0.6) is 5.88 Å². The average molecular weight is 232 g/mol. The van der Waals surface area contributed by atoms with Gasteiger partial charge < -0.3 is 10.2 Å². The predicted molar refractivity (Wildman–Crippen MR) is 65.5 cm³/mol. The van der Waals surface area contributed by atoms with Gasteiger partial charge in [0.05, 0.1) is 5.56 Å². The molecule has 2 rings (SSSR count). The molecule has 1 aliphatic carbocycles. The fraction of sp³-hybridized carbons (Fsp3) is 0.500. The summed E-state index contributed by atoms with van der Waals surface area (Å²) in [5.41, 5.74) is 3.34. The molecule has 3 N–H and O–H groups in total. The number of hydrazine groups is 1. The van der Waals surface area contributed by atoms with E-state index in [4.69, 9.17) is 17.0 Å². The molecule has 0 spiro atoms. The highest BCUT2D eigenvalue weighted by molar-refractivity contribution is 5.48. The van der Waals surface area contributed by atoms with Crippen molar-refractivity contribution in [3.63, 3.8) is 0 Å². The van der Waals surface area contributed by atoms with E-state index >= 15 is 0 Å². The number of hydrogen-bond acceptors (Lipinski definition) is 5. The normalized spacial score (nSPS) is 16.1. The highest BCUT2D eigenvalue weighted by Crippen LogP contribution is 2.39. The average Bonchev–Trinajstić information content (AvgIpc) is 3.15. The van der Waals surface area contributed by atoms with Crippen molar-refractivity contribution in [1.29, 1.82) is 0 Å². The Kier molecular flexibility index (Phi) is 3.16. The molecule has 5 nitrogen and oxygen atoms in total. The van der Waals surface area contributed by atoms with E-state index in [0.717, 1.165) is 24.2 Å². The van der Waals surface area contributed by atoms with Crippen LogP contribution in [0, 0.1) is 19.3 Å². The summed E-state index contributed by atoms with van der Waals surface area (Å²) in [5, 5.41) is 0. The number of anilines is 1. The van der Waals surface area contributed by atoms with Crippen LogP contribution in [-0.2, 0) is 0 Å². The summed E-state index contributed by atoms with van der Waals surface area (Å²) in [6.45, 7) is 3.65. The molecule has 0 amide bonds. The minimum atomic E-state index is -0.318. The first-order chi connectivity index (χ1) is 8.15. The third kappa shape index (κ3) is 2.48. The van der Waals surface area contributed by atoms with E-state index in [1.165, 1.54) is 0 Å². The number of nitrogens with one attached hydrogen (secondary N) is 1. The largest absolute Gasteiger partial charge is 0.461 e. The number of hydrogen-bond donors (Lipinski definition) is 2. The van der Waals surface area contributed by atoms with Gasteiger partial charge in [0, 0.05) is 5.92 Å². The summed E-state index contributed by atoms with van der Waals surface area (Å²) < 4.78 is 5.57. The Hall–Kier alpha value is -1.80. The van der Waals surface area contributed by atoms with Gasteiger partial charge in [0.2, 0.25) is 5.88 Å². The van der Waals surface area contributed by atoms with Crippen molar-refractivity contribution >= 4 is 5.82 Å². The van der Waals surface area contributed by atoms with E-state index in [1.54, 1.807) is 6.92 Å². The van der Waals surface area contributed by atoms with Gasteiger partial charge in [-0.3, -0.25) is 0 Å². The Morgan fingerprint density at radius 3 is 2.76 bits per heavy atom. The first kappa shape index (κ1) is 11.7. The van der Waals surface area contributed by atoms with E-state index in [1.807, 2.05) is 6.92 Å². The zero-order valence-corrected chi connectivity index (χ0v) is 10.0. The van der Waals surface area contributed by atoms with E-state index in [-0.39, 0.29) is 6.10 Å². The van der Waals surface area contributed by atoms with Crippen LogP contribution in [0.25, 0.3) is 0 Å². The number of terminal acetylenes is 1. The molecule has 0 aromatic carbocycles. The number of nitrogen functional groups attached to an aromatic ring is 1. The summed E-state index contributed by atoms with van der Waals surface area (Å²) in [6, 6.07) is 0. The Bertz CT molecular complexity index is 462. The molecule has 1 aromatic heterocycles. The predicted octanol–water partition coefficient (Wildman–Crippen LogP) is 1.35. The van der Waals surface area contributed by atoms with Gasteiger partial charge in [-0.15, -0.1) is 6.42 Å². The van der Waals surface area contributed by atoms with Crippen molar-refractivity contribution in [2.75, 3.05) is 5.43 Å². The number of aromatic nitrogens is 2. The summed E-state index contributed by atoms with van der Waals surface area (Å²) >= 11 is 0. The van der Waals surface area contributed by atoms with Gasteiger partial charge in [0.1, 0.15) is 11.6 Å². The summed E-state index contributed by atoms with van der Waals surface area (Å²) in [4.78, 5) is 8.77. The van der Waals surface area contributed by atoms with Crippen molar-refractivity contribution in [2.45, 2.75) is 38.7 Å². The molecule has 1 saturated carbocycles. The number of ether oxygens (including phenoxy) is 1. The van der Waals surface area contributed by atoms with Crippen LogP contribution in [0.2, 0.25) is 0 Å². The molecule has 1 heterocycles. The molecule has 1 aromatic rings. The number of nitrogens with two attached hydrogens (primary N) is 1. The van der Waals surface area contributed by atoms with Crippen LogP contribution in [-0.4, -0.2) is 16.1 Å². The van der Waals surface area contributed by atoms with Crippen LogP contribution >= 0.6 is 0 Å². The maximum Gasteiger partial charge on any atom is 0.223 e. The monoisotopic (exact) mass is 232 g/mol. The third-order valence-corrected chi connectivity index (χ3v) is 2.72. The Morgan fingerprint density at radius 2 is 2.24 bits per heavy atom. The zero-order valence-electron chi connectivity index (χ0n) is 10.0. The van der Waals surface area contributed by atoms with Gasteiger partial charge in [-0.1, -0.05) is 5.92 Å². The van der Waals surface area contributed by atoms with Gasteiger partial charge >= 0.3 is 0 Å². The topological polar surface area (TPSA) is 73.1 Å². The van der Waals surface area contributed by atoms with Crippen molar-refractivity contribution in [3.8, 4) is 18.2 Å². The fourth-order valence-electron chi connectivity index (χ4n) is 1.49. The van der Waals surface area contributed by atoms with Crippen LogP contribution < -0.4 is 16.0 Å². The molecule has 90 valence electrons. The lowest BCUT2D eigenvalue weighted by Gasteiger charge is -2.14. The SMILES string of the molecule is C#CC(C)Oc1nc(C2CC2)nc(NN)c1C. The number of nitrogens with zero attached hydrogens (tertiary/aromatic N) is 2. The third-order valence-electron chi connectivity index (χ3n) is 2.72. The zero-order chi connectivity index (χ0) is 12.4. The fourth-order valence-corrected chi connectivity index (χ4v) is 1.49. The summed E-state index contributed by atoms with van der Waals surface area (Å²) in [6.07, 6.45) is 7.22. The Morgan fingerprint density at radius 1 is 1.53 bits per heavy atom. The van der Waals surface area contributed by atoms with Gasteiger partial charge in [0.15, 0.2) is 6.10 Å². The van der Waals surface area contributed by atoms with Crippen LogP contribution in [0.15, 0.2) is 0 Å². The standard InChI is InChI=1S/C12H16N4O/c1-4-7(2)17-12-8(3)10(16-13)14-11(15-12)9-5-6-9/h1,7,9H,5-6,13H2,2-3H3,(H,14,15,16). The second kappa shape index (κ2) is 4.60. The molecule has 17 heavy (non-hydrogen) atoms. The molecule has 0 bridgehead atoms. The van der Waals surface area contributed by atoms with Crippen molar-refractivity contribution in [3.05, 3.63) is 11.4 Å². The highest BCUT2D eigenvalue weighted by atomic mass is 16.5. The molecule has 1 aliphatic rings. The molecular formula is C12H16N4O. The molecule has 1 atom stereocenters. The summed E-state index contributed by atoms with van der Waals surface area (Å²) in [5.74, 6) is 10.3. The van der Waals surface area contributed by atoms with E-state index in [0.29, 0.717) is 17.6 Å². The van der Waals surface area contributed by atoms with Crippen LogP contribution in [0.1, 0.15) is 37.1 Å². The lowest BCUT2D eigenvalue weighted by atomic mass is 10.3. The molecular weight excluding hydrogens is 216 g/mol. The number of rotatable bonds is 4. The lowest BCUT2D eigenvalue weighted by molar-refractivity contribution is 0.264. The van der Waals surface area contributed by atoms with Crippen molar-refractivity contribution in [1.82, 2.24) is 9.97 Å². The first-order valence-corrected chi connectivity index (χ1v) is 5.63. The molecule has 0 saturated heterocycles. The van der Waals surface area contributed by atoms with Gasteiger partial charge in [-0.2, -0.15) is 4.98 Å². The maximum atomic E-state index is 5.57. The second-order valence-corrected chi connectivity index (χ2v) is 4.21. The maximum absolute atomic E-state index is 5.57. The van der Waals surface area contributed by atoms with Crippen LogP contribution in [0.3, 0.4) is 0 Å². The van der Waals surface area contributed by atoms with E-state index in [2.05, 4.69) is 21.3 Å². The van der Waals surface area contributed by atoms with Crippen molar-refractivity contribution < 1.29 is 4.74 Å². The van der Waals surface area contributed by atoms with Gasteiger partial charge in [-0.25, -0.2) is 10.8 Å². The summed E-state index contributed by atoms with van der Waals surface area (Å²) in [7, 11) is 0. The molecule has 1 unspecified atom stereocenters. The Balaban J connectivity index is 2.35.